The van der Waals surface area contributed by atoms with Crippen LogP contribution in [0.3, 0.4) is 0 Å². The van der Waals surface area contributed by atoms with Crippen molar-refractivity contribution in [3.63, 3.8) is 0 Å². The number of nitrogens with one attached hydrogen (secondary N) is 3. The molecular weight excluding hydrogens is 388 g/mol. The van der Waals surface area contributed by atoms with Gasteiger partial charge in [-0.05, 0) is 55.8 Å². The Bertz CT molecular complexity index is 1080. The first-order valence-electron chi connectivity index (χ1n) is 8.84. The largest absolute Gasteiger partial charge is 0.321 e. The molecule has 146 valence electrons. The number of carbonyl (C=O) groups is 2. The van der Waals surface area contributed by atoms with Gasteiger partial charge in [-0.3, -0.25) is 9.59 Å². The number of pyridine rings is 1. The molecule has 2 aromatic carbocycles. The number of aromatic nitrogens is 1. The molecule has 0 unspecified atom stereocenters. The standard InChI is InChI=1S/C22H19ClN4O2/c1-13-3-9-19(26-21(28)16-6-4-15(5-7-16)14(2)24)18(11-13)22(29)27-20-10-8-17(23)12-25-20/h3-12,24H,1-2H3,(H,26,28)(H,25,27,29). The first-order chi connectivity index (χ1) is 13.8. The van der Waals surface area contributed by atoms with Gasteiger partial charge >= 0.3 is 0 Å². The predicted molar refractivity (Wildman–Crippen MR) is 115 cm³/mol. The van der Waals surface area contributed by atoms with E-state index in [2.05, 4.69) is 15.6 Å². The zero-order chi connectivity index (χ0) is 21.0. The minimum absolute atomic E-state index is 0.321. The van der Waals surface area contributed by atoms with Gasteiger partial charge in [0, 0.05) is 17.5 Å². The van der Waals surface area contributed by atoms with Crippen molar-refractivity contribution in [1.29, 1.82) is 5.41 Å². The third-order valence-corrected chi connectivity index (χ3v) is 4.44. The fraction of sp³-hybridized carbons (Fsp3) is 0.0909. The van der Waals surface area contributed by atoms with Gasteiger partial charge in [0.2, 0.25) is 0 Å². The van der Waals surface area contributed by atoms with E-state index < -0.39 is 5.91 Å². The molecule has 3 rings (SSSR count). The van der Waals surface area contributed by atoms with E-state index in [-0.39, 0.29) is 5.91 Å². The topological polar surface area (TPSA) is 94.9 Å². The van der Waals surface area contributed by atoms with Gasteiger partial charge in [-0.1, -0.05) is 35.4 Å². The lowest BCUT2D eigenvalue weighted by molar-refractivity contribution is 0.102. The Morgan fingerprint density at radius 3 is 2.24 bits per heavy atom. The monoisotopic (exact) mass is 406 g/mol. The van der Waals surface area contributed by atoms with E-state index in [1.54, 1.807) is 55.5 Å². The summed E-state index contributed by atoms with van der Waals surface area (Å²) in [7, 11) is 0. The number of nitrogens with zero attached hydrogens (tertiary/aromatic N) is 1. The first-order valence-corrected chi connectivity index (χ1v) is 9.22. The molecule has 0 spiro atoms. The van der Waals surface area contributed by atoms with E-state index >= 15 is 0 Å². The van der Waals surface area contributed by atoms with Gasteiger partial charge in [-0.25, -0.2) is 4.98 Å². The highest BCUT2D eigenvalue weighted by molar-refractivity contribution is 6.30. The highest BCUT2D eigenvalue weighted by atomic mass is 35.5. The van der Waals surface area contributed by atoms with Crippen molar-refractivity contribution in [2.45, 2.75) is 13.8 Å². The average Bonchev–Trinajstić information content (AvgIpc) is 2.71. The maximum absolute atomic E-state index is 12.8. The number of aryl methyl sites for hydroxylation is 1. The molecule has 3 aromatic rings. The van der Waals surface area contributed by atoms with Gasteiger partial charge in [-0.15, -0.1) is 0 Å². The SMILES string of the molecule is CC(=N)c1ccc(C(=O)Nc2ccc(C)cc2C(=O)Nc2ccc(Cl)cn2)cc1. The third-order valence-electron chi connectivity index (χ3n) is 4.22. The number of carbonyl (C=O) groups excluding carboxylic acids is 2. The Morgan fingerprint density at radius 2 is 1.62 bits per heavy atom. The lowest BCUT2D eigenvalue weighted by Gasteiger charge is -2.12. The van der Waals surface area contributed by atoms with Gasteiger partial charge in [0.25, 0.3) is 11.8 Å². The van der Waals surface area contributed by atoms with Crippen LogP contribution in [0.4, 0.5) is 11.5 Å². The van der Waals surface area contributed by atoms with Crippen molar-refractivity contribution < 1.29 is 9.59 Å². The Balaban J connectivity index is 1.82. The van der Waals surface area contributed by atoms with Crippen LogP contribution in [0.1, 0.15) is 38.8 Å². The number of halogens is 1. The second-order valence-electron chi connectivity index (χ2n) is 6.52. The summed E-state index contributed by atoms with van der Waals surface area (Å²) in [5, 5.41) is 13.6. The molecule has 0 radical (unpaired) electrons. The van der Waals surface area contributed by atoms with Crippen molar-refractivity contribution >= 4 is 40.6 Å². The molecule has 0 saturated heterocycles. The lowest BCUT2D eigenvalue weighted by atomic mass is 10.1. The number of hydrogen-bond donors (Lipinski definition) is 3. The minimum Gasteiger partial charge on any atom is -0.321 e. The molecule has 3 N–H and O–H groups in total. The van der Waals surface area contributed by atoms with Crippen LogP contribution in [-0.4, -0.2) is 22.5 Å². The van der Waals surface area contributed by atoms with E-state index in [1.165, 1.54) is 6.20 Å². The molecule has 0 aliphatic heterocycles. The Morgan fingerprint density at radius 1 is 0.931 bits per heavy atom. The number of anilines is 2. The molecule has 6 nitrogen and oxygen atoms in total. The van der Waals surface area contributed by atoms with E-state index in [1.807, 2.05) is 13.0 Å². The second kappa shape index (κ2) is 8.67. The fourth-order valence-corrected chi connectivity index (χ4v) is 2.77. The molecule has 29 heavy (non-hydrogen) atoms. The van der Waals surface area contributed by atoms with Gasteiger partial charge < -0.3 is 16.0 Å². The summed E-state index contributed by atoms with van der Waals surface area (Å²) in [6.07, 6.45) is 1.44. The van der Waals surface area contributed by atoms with E-state index in [0.29, 0.717) is 33.4 Å². The first kappa shape index (κ1) is 20.2. The summed E-state index contributed by atoms with van der Waals surface area (Å²) >= 11 is 5.82. The molecule has 0 atom stereocenters. The van der Waals surface area contributed by atoms with E-state index in [4.69, 9.17) is 17.0 Å². The quantitative estimate of drug-likeness (QED) is 0.524. The number of benzene rings is 2. The number of hydrogen-bond acceptors (Lipinski definition) is 4. The Labute approximate surface area is 173 Å². The molecule has 2 amide bonds. The molecule has 1 aromatic heterocycles. The van der Waals surface area contributed by atoms with Crippen LogP contribution in [0.2, 0.25) is 5.02 Å². The molecule has 0 aliphatic carbocycles. The third kappa shape index (κ3) is 5.06. The minimum atomic E-state index is -0.395. The Hall–Kier alpha value is -3.51. The van der Waals surface area contributed by atoms with Gasteiger partial charge in [0.05, 0.1) is 16.3 Å². The molecule has 0 bridgehead atoms. The maximum atomic E-state index is 12.8. The summed E-state index contributed by atoms with van der Waals surface area (Å²) in [6.45, 7) is 3.54. The molecule has 0 fully saturated rings. The highest BCUT2D eigenvalue weighted by Gasteiger charge is 2.16. The summed E-state index contributed by atoms with van der Waals surface area (Å²) in [6, 6.07) is 15.1. The van der Waals surface area contributed by atoms with Crippen LogP contribution < -0.4 is 10.6 Å². The van der Waals surface area contributed by atoms with Crippen LogP contribution in [0, 0.1) is 12.3 Å². The summed E-state index contributed by atoms with van der Waals surface area (Å²) in [5.74, 6) is -0.383. The highest BCUT2D eigenvalue weighted by Crippen LogP contribution is 2.20. The Kier molecular flexibility index (Phi) is 6.04. The number of rotatable bonds is 5. The smallest absolute Gasteiger partial charge is 0.258 e. The summed E-state index contributed by atoms with van der Waals surface area (Å²) in [4.78, 5) is 29.4. The molecule has 7 heteroatoms. The van der Waals surface area contributed by atoms with E-state index in [9.17, 15) is 9.59 Å². The second-order valence-corrected chi connectivity index (χ2v) is 6.96. The van der Waals surface area contributed by atoms with Crippen LogP contribution in [0.15, 0.2) is 60.8 Å². The van der Waals surface area contributed by atoms with Gasteiger partial charge in [-0.2, -0.15) is 0 Å². The van der Waals surface area contributed by atoms with Crippen molar-refractivity contribution in [2.75, 3.05) is 10.6 Å². The molecular formula is C22H19ClN4O2. The lowest BCUT2D eigenvalue weighted by Crippen LogP contribution is -2.19. The van der Waals surface area contributed by atoms with E-state index in [0.717, 1.165) is 11.1 Å². The van der Waals surface area contributed by atoms with Crippen molar-refractivity contribution in [3.05, 3.63) is 88.1 Å². The summed E-state index contributed by atoms with van der Waals surface area (Å²) < 4.78 is 0. The predicted octanol–water partition coefficient (Wildman–Crippen LogP) is 4.94. The van der Waals surface area contributed by atoms with Gasteiger partial charge in [0.1, 0.15) is 5.82 Å². The van der Waals surface area contributed by atoms with Crippen LogP contribution in [0.5, 0.6) is 0 Å². The van der Waals surface area contributed by atoms with Crippen LogP contribution in [-0.2, 0) is 0 Å². The molecule has 0 saturated carbocycles. The van der Waals surface area contributed by atoms with Crippen LogP contribution >= 0.6 is 11.6 Å². The summed E-state index contributed by atoms with van der Waals surface area (Å²) in [5.41, 5.74) is 3.18. The maximum Gasteiger partial charge on any atom is 0.258 e. The van der Waals surface area contributed by atoms with Crippen molar-refractivity contribution in [2.24, 2.45) is 0 Å². The van der Waals surface area contributed by atoms with Crippen molar-refractivity contribution in [1.82, 2.24) is 4.98 Å². The molecule has 1 heterocycles. The van der Waals surface area contributed by atoms with Crippen molar-refractivity contribution in [3.8, 4) is 0 Å². The zero-order valence-electron chi connectivity index (χ0n) is 15.9. The van der Waals surface area contributed by atoms with Crippen LogP contribution in [0.25, 0.3) is 0 Å². The van der Waals surface area contributed by atoms with Gasteiger partial charge in [0.15, 0.2) is 0 Å². The zero-order valence-corrected chi connectivity index (χ0v) is 16.7. The fourth-order valence-electron chi connectivity index (χ4n) is 2.65. The average molecular weight is 407 g/mol. The normalized spacial score (nSPS) is 10.3. The number of amides is 2. The molecule has 0 aliphatic rings.